The fourth-order valence-electron chi connectivity index (χ4n) is 2.44. The van der Waals surface area contributed by atoms with E-state index >= 15 is 0 Å². The summed E-state index contributed by atoms with van der Waals surface area (Å²) in [7, 11) is 2.04. The Kier molecular flexibility index (Phi) is 4.62. The van der Waals surface area contributed by atoms with Gasteiger partial charge in [0.15, 0.2) is 0 Å². The average molecular weight is 308 g/mol. The first-order valence-electron chi connectivity index (χ1n) is 6.28. The number of piperidine rings is 1. The van der Waals surface area contributed by atoms with Crippen LogP contribution >= 0.6 is 15.9 Å². The first kappa shape index (κ1) is 13.4. The molecule has 1 heterocycles. The quantitative estimate of drug-likeness (QED) is 0.804. The third-order valence-electron chi connectivity index (χ3n) is 3.53. The summed E-state index contributed by atoms with van der Waals surface area (Å²) in [5.74, 6) is 0. The third kappa shape index (κ3) is 3.24. The monoisotopic (exact) mass is 307 g/mol. The van der Waals surface area contributed by atoms with Crippen molar-refractivity contribution in [2.75, 3.05) is 31.6 Å². The molecule has 2 rings (SSSR count). The van der Waals surface area contributed by atoms with Gasteiger partial charge in [0.05, 0.1) is 12.6 Å². The molecule has 1 unspecified atom stereocenters. The summed E-state index contributed by atoms with van der Waals surface area (Å²) in [5.41, 5.74) is 1.27. The van der Waals surface area contributed by atoms with Crippen LogP contribution in [0.4, 0.5) is 5.69 Å². The van der Waals surface area contributed by atoms with Crippen LogP contribution in [-0.4, -0.2) is 37.6 Å². The molecule has 0 saturated carbocycles. The maximum Gasteiger partial charge on any atom is 0.0866 e. The lowest BCUT2D eigenvalue weighted by Crippen LogP contribution is -2.46. The molecule has 0 aromatic heterocycles. The van der Waals surface area contributed by atoms with Crippen LogP contribution in [0.1, 0.15) is 12.8 Å². The maximum atomic E-state index is 8.77. The van der Waals surface area contributed by atoms with Crippen LogP contribution in [0.15, 0.2) is 28.7 Å². The zero-order valence-corrected chi connectivity index (χ0v) is 12.2. The minimum atomic E-state index is 0.488. The minimum Gasteiger partial charge on any atom is -0.370 e. The van der Waals surface area contributed by atoms with E-state index in [9.17, 15) is 0 Å². The highest BCUT2D eigenvalue weighted by Gasteiger charge is 2.23. The fraction of sp³-hybridized carbons (Fsp3) is 0.500. The van der Waals surface area contributed by atoms with Crippen LogP contribution < -0.4 is 4.90 Å². The second-order valence-electron chi connectivity index (χ2n) is 4.79. The third-order valence-corrected chi connectivity index (χ3v) is 4.06. The first-order valence-corrected chi connectivity index (χ1v) is 7.07. The number of rotatable bonds is 3. The SMILES string of the molecule is CN(CC#N)C1CCCN(c2ccc(Br)cc2)C1. The molecule has 96 valence electrons. The Hall–Kier alpha value is -1.05. The molecule has 1 aromatic carbocycles. The number of halogens is 1. The molecular weight excluding hydrogens is 290 g/mol. The fourth-order valence-corrected chi connectivity index (χ4v) is 2.71. The maximum absolute atomic E-state index is 8.77. The van der Waals surface area contributed by atoms with E-state index < -0.39 is 0 Å². The van der Waals surface area contributed by atoms with Gasteiger partial charge in [0.2, 0.25) is 0 Å². The van der Waals surface area contributed by atoms with Crippen molar-refractivity contribution in [3.63, 3.8) is 0 Å². The summed E-state index contributed by atoms with van der Waals surface area (Å²) >= 11 is 3.46. The van der Waals surface area contributed by atoms with E-state index in [1.54, 1.807) is 0 Å². The zero-order valence-electron chi connectivity index (χ0n) is 10.6. The Morgan fingerprint density at radius 3 is 2.83 bits per heavy atom. The molecule has 0 bridgehead atoms. The summed E-state index contributed by atoms with van der Waals surface area (Å²) in [4.78, 5) is 4.57. The molecule has 1 aromatic rings. The van der Waals surface area contributed by atoms with E-state index in [1.165, 1.54) is 18.5 Å². The smallest absolute Gasteiger partial charge is 0.0866 e. The van der Waals surface area contributed by atoms with Crippen molar-refractivity contribution in [3.8, 4) is 6.07 Å². The van der Waals surface area contributed by atoms with E-state index in [0.717, 1.165) is 17.6 Å². The number of hydrogen-bond acceptors (Lipinski definition) is 3. The van der Waals surface area contributed by atoms with Gasteiger partial charge in [0.25, 0.3) is 0 Å². The Bertz CT molecular complexity index is 424. The van der Waals surface area contributed by atoms with Gasteiger partial charge in [-0.25, -0.2) is 0 Å². The van der Waals surface area contributed by atoms with Gasteiger partial charge in [0.1, 0.15) is 0 Å². The Balaban J connectivity index is 2.02. The normalized spacial score (nSPS) is 19.9. The lowest BCUT2D eigenvalue weighted by Gasteiger charge is -2.38. The Morgan fingerprint density at radius 1 is 1.44 bits per heavy atom. The molecule has 0 aliphatic carbocycles. The predicted octanol–water partition coefficient (Wildman–Crippen LogP) is 2.87. The molecule has 4 heteroatoms. The summed E-state index contributed by atoms with van der Waals surface area (Å²) in [6.45, 7) is 2.64. The van der Waals surface area contributed by atoms with E-state index in [0.29, 0.717) is 12.6 Å². The summed E-state index contributed by atoms with van der Waals surface area (Å²) in [6.07, 6.45) is 2.38. The number of hydrogen-bond donors (Lipinski definition) is 0. The second kappa shape index (κ2) is 6.21. The molecule has 0 radical (unpaired) electrons. The number of nitrogens with zero attached hydrogens (tertiary/aromatic N) is 3. The molecule has 1 aliphatic heterocycles. The van der Waals surface area contributed by atoms with E-state index in [1.807, 2.05) is 7.05 Å². The molecule has 1 aliphatic rings. The van der Waals surface area contributed by atoms with Gasteiger partial charge < -0.3 is 4.90 Å². The van der Waals surface area contributed by atoms with Crippen molar-refractivity contribution in [2.24, 2.45) is 0 Å². The van der Waals surface area contributed by atoms with Crippen molar-refractivity contribution in [1.82, 2.24) is 4.90 Å². The second-order valence-corrected chi connectivity index (χ2v) is 5.71. The number of anilines is 1. The zero-order chi connectivity index (χ0) is 13.0. The van der Waals surface area contributed by atoms with Gasteiger partial charge in [0, 0.05) is 29.3 Å². The van der Waals surface area contributed by atoms with Crippen LogP contribution in [0.3, 0.4) is 0 Å². The van der Waals surface area contributed by atoms with Crippen molar-refractivity contribution in [2.45, 2.75) is 18.9 Å². The highest BCUT2D eigenvalue weighted by molar-refractivity contribution is 9.10. The molecule has 1 atom stereocenters. The van der Waals surface area contributed by atoms with Crippen molar-refractivity contribution < 1.29 is 0 Å². The topological polar surface area (TPSA) is 30.3 Å². The van der Waals surface area contributed by atoms with Crippen LogP contribution in [0.5, 0.6) is 0 Å². The lowest BCUT2D eigenvalue weighted by atomic mass is 10.0. The van der Waals surface area contributed by atoms with E-state index in [-0.39, 0.29) is 0 Å². The molecule has 0 N–H and O–H groups in total. The highest BCUT2D eigenvalue weighted by Crippen LogP contribution is 2.23. The van der Waals surface area contributed by atoms with Crippen LogP contribution in [-0.2, 0) is 0 Å². The van der Waals surface area contributed by atoms with Gasteiger partial charge in [-0.05, 0) is 44.2 Å². The van der Waals surface area contributed by atoms with Crippen LogP contribution in [0, 0.1) is 11.3 Å². The van der Waals surface area contributed by atoms with Crippen molar-refractivity contribution >= 4 is 21.6 Å². The predicted molar refractivity (Wildman–Crippen MR) is 77.6 cm³/mol. The Morgan fingerprint density at radius 2 is 2.17 bits per heavy atom. The summed E-state index contributed by atoms with van der Waals surface area (Å²) < 4.78 is 1.11. The van der Waals surface area contributed by atoms with Crippen molar-refractivity contribution in [1.29, 1.82) is 5.26 Å². The van der Waals surface area contributed by atoms with Crippen molar-refractivity contribution in [3.05, 3.63) is 28.7 Å². The molecule has 1 saturated heterocycles. The standard InChI is InChI=1S/C14H18BrN3/c1-17(10-8-16)14-3-2-9-18(11-14)13-6-4-12(15)5-7-13/h4-7,14H,2-3,9-11H2,1H3. The Labute approximate surface area is 117 Å². The lowest BCUT2D eigenvalue weighted by molar-refractivity contribution is 0.238. The summed E-state index contributed by atoms with van der Waals surface area (Å²) in [6, 6.07) is 11.2. The minimum absolute atomic E-state index is 0.488. The van der Waals surface area contributed by atoms with Gasteiger partial charge >= 0.3 is 0 Å². The molecule has 0 spiro atoms. The van der Waals surface area contributed by atoms with E-state index in [2.05, 4.69) is 56.1 Å². The van der Waals surface area contributed by atoms with Gasteiger partial charge in [-0.2, -0.15) is 5.26 Å². The van der Waals surface area contributed by atoms with Crippen LogP contribution in [0.2, 0.25) is 0 Å². The summed E-state index contributed by atoms with van der Waals surface area (Å²) in [5, 5.41) is 8.77. The van der Waals surface area contributed by atoms with E-state index in [4.69, 9.17) is 5.26 Å². The molecule has 3 nitrogen and oxygen atoms in total. The molecular formula is C14H18BrN3. The van der Waals surface area contributed by atoms with Gasteiger partial charge in [-0.15, -0.1) is 0 Å². The molecule has 1 fully saturated rings. The highest BCUT2D eigenvalue weighted by atomic mass is 79.9. The number of likely N-dealkylation sites (N-methyl/N-ethyl adjacent to an activating group) is 1. The van der Waals surface area contributed by atoms with Gasteiger partial charge in [-0.1, -0.05) is 15.9 Å². The number of benzene rings is 1. The molecule has 0 amide bonds. The average Bonchev–Trinajstić information content (AvgIpc) is 2.40. The first-order chi connectivity index (χ1) is 8.70. The number of nitriles is 1. The van der Waals surface area contributed by atoms with Gasteiger partial charge in [-0.3, -0.25) is 4.90 Å². The largest absolute Gasteiger partial charge is 0.370 e. The van der Waals surface area contributed by atoms with Crippen LogP contribution in [0.25, 0.3) is 0 Å². The molecule has 18 heavy (non-hydrogen) atoms.